The van der Waals surface area contributed by atoms with Crippen LogP contribution in [0.2, 0.25) is 0 Å². The summed E-state index contributed by atoms with van der Waals surface area (Å²) < 4.78 is 0. The van der Waals surface area contributed by atoms with Gasteiger partial charge in [-0.25, -0.2) is 9.97 Å². The van der Waals surface area contributed by atoms with Crippen molar-refractivity contribution in [3.8, 4) is 0 Å². The van der Waals surface area contributed by atoms with Crippen LogP contribution < -0.4 is 10.2 Å². The van der Waals surface area contributed by atoms with E-state index in [1.165, 1.54) is 11.1 Å². The van der Waals surface area contributed by atoms with Gasteiger partial charge in [-0.2, -0.15) is 0 Å². The van der Waals surface area contributed by atoms with Gasteiger partial charge in [-0.1, -0.05) is 32.0 Å². The zero-order valence-corrected chi connectivity index (χ0v) is 17.6. The average molecular weight is 397 g/mol. The van der Waals surface area contributed by atoms with E-state index in [-0.39, 0.29) is 12.6 Å². The van der Waals surface area contributed by atoms with Crippen molar-refractivity contribution in [1.29, 1.82) is 0 Å². The zero-order chi connectivity index (χ0) is 20.5. The Labute approximate surface area is 173 Å². The summed E-state index contributed by atoms with van der Waals surface area (Å²) in [6.45, 7) is 7.79. The smallest absolute Gasteiger partial charge is 0.136 e. The minimum Gasteiger partial charge on any atom is -0.394 e. The van der Waals surface area contributed by atoms with Gasteiger partial charge in [0.05, 0.1) is 18.8 Å². The number of aliphatic hydroxyl groups excluding tert-OH is 2. The predicted octanol–water partition coefficient (Wildman–Crippen LogP) is 3.40. The lowest BCUT2D eigenvalue weighted by atomic mass is 9.96. The van der Waals surface area contributed by atoms with Gasteiger partial charge in [0, 0.05) is 25.1 Å². The standard InChI is InChI=1S/C23H32N4O2/c1-14(2)20(13-28)24-21-11-22(26-23(25-21)16-4-5-16)27-9-8-18-10-17(15(3)29)6-7-19(18)12-27/h6-7,10-11,14-16,20,28-29H,4-5,8-9,12-13H2,1-3H3,(H,24,25,26)/t15-,20+/m0/s1. The van der Waals surface area contributed by atoms with Crippen LogP contribution in [0.1, 0.15) is 68.1 Å². The summed E-state index contributed by atoms with van der Waals surface area (Å²) in [4.78, 5) is 11.9. The fourth-order valence-corrected chi connectivity index (χ4v) is 3.85. The number of nitrogens with one attached hydrogen (secondary N) is 1. The van der Waals surface area contributed by atoms with Gasteiger partial charge in [0.2, 0.25) is 0 Å². The number of hydrogen-bond acceptors (Lipinski definition) is 6. The van der Waals surface area contributed by atoms with E-state index in [9.17, 15) is 10.2 Å². The van der Waals surface area contributed by atoms with Gasteiger partial charge < -0.3 is 20.4 Å². The Bertz CT molecular complexity index is 864. The highest BCUT2D eigenvalue weighted by molar-refractivity contribution is 5.53. The molecule has 6 heteroatoms. The van der Waals surface area contributed by atoms with Crippen LogP contribution in [0.3, 0.4) is 0 Å². The summed E-state index contributed by atoms with van der Waals surface area (Å²) in [5, 5.41) is 23.0. The molecule has 6 nitrogen and oxygen atoms in total. The van der Waals surface area contributed by atoms with Crippen LogP contribution in [-0.2, 0) is 13.0 Å². The number of hydrogen-bond donors (Lipinski definition) is 3. The van der Waals surface area contributed by atoms with Crippen molar-refractivity contribution < 1.29 is 10.2 Å². The Balaban J connectivity index is 1.59. The summed E-state index contributed by atoms with van der Waals surface area (Å²) in [5.74, 6) is 3.45. The van der Waals surface area contributed by atoms with E-state index in [2.05, 4.69) is 36.2 Å². The molecule has 156 valence electrons. The van der Waals surface area contributed by atoms with Crippen molar-refractivity contribution in [2.24, 2.45) is 5.92 Å². The number of rotatable bonds is 7. The highest BCUT2D eigenvalue weighted by Crippen LogP contribution is 2.39. The fourth-order valence-electron chi connectivity index (χ4n) is 3.85. The van der Waals surface area contributed by atoms with Crippen molar-refractivity contribution >= 4 is 11.6 Å². The maximum atomic E-state index is 9.85. The first kappa shape index (κ1) is 20.1. The van der Waals surface area contributed by atoms with Gasteiger partial charge in [0.15, 0.2) is 0 Å². The molecule has 1 aliphatic heterocycles. The van der Waals surface area contributed by atoms with E-state index >= 15 is 0 Å². The minimum absolute atomic E-state index is 0.0224. The Morgan fingerprint density at radius 1 is 1.14 bits per heavy atom. The first-order chi connectivity index (χ1) is 13.9. The number of benzene rings is 1. The van der Waals surface area contributed by atoms with Gasteiger partial charge >= 0.3 is 0 Å². The van der Waals surface area contributed by atoms with Crippen molar-refractivity contribution in [3.05, 3.63) is 46.8 Å². The molecule has 1 aromatic carbocycles. The number of aromatic nitrogens is 2. The second-order valence-electron chi connectivity index (χ2n) is 8.80. The lowest BCUT2D eigenvalue weighted by molar-refractivity contribution is 0.199. The first-order valence-electron chi connectivity index (χ1n) is 10.8. The van der Waals surface area contributed by atoms with Crippen LogP contribution in [0.5, 0.6) is 0 Å². The third-order valence-corrected chi connectivity index (χ3v) is 6.06. The molecule has 1 aromatic heterocycles. The maximum absolute atomic E-state index is 9.85. The summed E-state index contributed by atoms with van der Waals surface area (Å²) in [6, 6.07) is 8.28. The molecule has 29 heavy (non-hydrogen) atoms. The number of anilines is 2. The molecule has 2 aliphatic rings. The SMILES string of the molecule is CC(C)[C@@H](CO)Nc1cc(N2CCc3cc([C@H](C)O)ccc3C2)nc(C2CC2)n1. The Morgan fingerprint density at radius 3 is 2.59 bits per heavy atom. The van der Waals surface area contributed by atoms with E-state index in [0.29, 0.717) is 11.8 Å². The lowest BCUT2D eigenvalue weighted by Gasteiger charge is -2.31. The Kier molecular flexibility index (Phi) is 5.74. The first-order valence-corrected chi connectivity index (χ1v) is 10.8. The second-order valence-corrected chi connectivity index (χ2v) is 8.80. The largest absolute Gasteiger partial charge is 0.394 e. The van der Waals surface area contributed by atoms with Crippen molar-refractivity contribution in [2.45, 2.75) is 64.6 Å². The van der Waals surface area contributed by atoms with E-state index in [1.807, 2.05) is 19.1 Å². The van der Waals surface area contributed by atoms with Crippen LogP contribution in [0.25, 0.3) is 0 Å². The van der Waals surface area contributed by atoms with Crippen molar-refractivity contribution in [3.63, 3.8) is 0 Å². The average Bonchev–Trinajstić information content (AvgIpc) is 3.56. The fraction of sp³-hybridized carbons (Fsp3) is 0.565. The Morgan fingerprint density at radius 2 is 1.93 bits per heavy atom. The second kappa shape index (κ2) is 8.28. The highest BCUT2D eigenvalue weighted by Gasteiger charge is 2.29. The third kappa shape index (κ3) is 4.54. The number of aliphatic hydroxyl groups is 2. The number of fused-ring (bicyclic) bond motifs is 1. The normalized spacial score (nSPS) is 18.5. The third-order valence-electron chi connectivity index (χ3n) is 6.06. The van der Waals surface area contributed by atoms with Crippen LogP contribution >= 0.6 is 0 Å². The maximum Gasteiger partial charge on any atom is 0.136 e. The molecule has 2 atom stereocenters. The van der Waals surface area contributed by atoms with E-state index in [0.717, 1.165) is 55.4 Å². The molecule has 1 saturated carbocycles. The van der Waals surface area contributed by atoms with Crippen LogP contribution in [0.15, 0.2) is 24.3 Å². The van der Waals surface area contributed by atoms with Gasteiger partial charge in [0.25, 0.3) is 0 Å². The predicted molar refractivity (Wildman–Crippen MR) is 115 cm³/mol. The molecule has 4 rings (SSSR count). The quantitative estimate of drug-likeness (QED) is 0.666. The molecule has 3 N–H and O–H groups in total. The van der Waals surface area contributed by atoms with E-state index < -0.39 is 6.10 Å². The minimum atomic E-state index is -0.435. The molecule has 0 radical (unpaired) electrons. The summed E-state index contributed by atoms with van der Waals surface area (Å²) in [5.41, 5.74) is 3.58. The lowest BCUT2D eigenvalue weighted by Crippen LogP contribution is -2.32. The Hall–Kier alpha value is -2.18. The highest BCUT2D eigenvalue weighted by atomic mass is 16.3. The van der Waals surface area contributed by atoms with Crippen molar-refractivity contribution in [1.82, 2.24) is 9.97 Å². The van der Waals surface area contributed by atoms with Gasteiger partial charge in [0.1, 0.15) is 17.5 Å². The monoisotopic (exact) mass is 396 g/mol. The van der Waals surface area contributed by atoms with Crippen molar-refractivity contribution in [2.75, 3.05) is 23.4 Å². The van der Waals surface area contributed by atoms with Crippen LogP contribution in [-0.4, -0.2) is 39.4 Å². The van der Waals surface area contributed by atoms with Crippen LogP contribution in [0.4, 0.5) is 11.6 Å². The molecule has 0 saturated heterocycles. The molecular weight excluding hydrogens is 364 g/mol. The molecule has 2 heterocycles. The van der Waals surface area contributed by atoms with E-state index in [4.69, 9.17) is 9.97 Å². The van der Waals surface area contributed by atoms with Gasteiger partial charge in [-0.3, -0.25) is 0 Å². The summed E-state index contributed by atoms with van der Waals surface area (Å²) in [7, 11) is 0. The molecule has 0 unspecified atom stereocenters. The summed E-state index contributed by atoms with van der Waals surface area (Å²) in [6.07, 6.45) is 2.81. The van der Waals surface area contributed by atoms with E-state index in [1.54, 1.807) is 0 Å². The van der Waals surface area contributed by atoms with Gasteiger partial charge in [-0.05, 0) is 48.8 Å². The summed E-state index contributed by atoms with van der Waals surface area (Å²) >= 11 is 0. The molecule has 0 bridgehead atoms. The zero-order valence-electron chi connectivity index (χ0n) is 17.6. The van der Waals surface area contributed by atoms with Crippen LogP contribution in [0, 0.1) is 5.92 Å². The molecule has 0 spiro atoms. The molecule has 1 fully saturated rings. The molecule has 2 aromatic rings. The topological polar surface area (TPSA) is 81.5 Å². The molecule has 0 amide bonds. The molecular formula is C23H32N4O2. The molecule has 1 aliphatic carbocycles. The number of nitrogens with zero attached hydrogens (tertiary/aromatic N) is 3. The van der Waals surface area contributed by atoms with Gasteiger partial charge in [-0.15, -0.1) is 0 Å².